The normalized spacial score (nSPS) is 24.4. The lowest BCUT2D eigenvalue weighted by molar-refractivity contribution is 0.213. The minimum Gasteiger partial charge on any atom is -0.397 e. The van der Waals surface area contributed by atoms with Crippen molar-refractivity contribution in [3.63, 3.8) is 0 Å². The van der Waals surface area contributed by atoms with E-state index in [1.165, 1.54) is 63.8 Å². The van der Waals surface area contributed by atoms with Crippen molar-refractivity contribution in [2.45, 2.75) is 69.4 Å². The van der Waals surface area contributed by atoms with Crippen LogP contribution in [0.4, 0.5) is 0 Å². The fraction of sp³-hybridized carbons (Fsp3) is 1.00. The highest BCUT2D eigenvalue weighted by atomic mass is 28.4. The molecule has 2 nitrogen and oxygen atoms in total. The highest BCUT2D eigenvalue weighted by Crippen LogP contribution is 2.44. The molecule has 2 rings (SSSR count). The molecule has 0 N–H and O–H groups in total. The predicted molar refractivity (Wildman–Crippen MR) is 73.4 cm³/mol. The number of hydrogen-bond acceptors (Lipinski definition) is 2. The zero-order valence-corrected chi connectivity index (χ0v) is 12.5. The minimum atomic E-state index is -1.90. The highest BCUT2D eigenvalue weighted by Gasteiger charge is 2.46. The van der Waals surface area contributed by atoms with Gasteiger partial charge in [0.25, 0.3) is 0 Å². The molecule has 2 saturated carbocycles. The van der Waals surface area contributed by atoms with E-state index in [0.717, 1.165) is 11.5 Å². The van der Waals surface area contributed by atoms with Crippen LogP contribution in [0.25, 0.3) is 0 Å². The van der Waals surface area contributed by atoms with Gasteiger partial charge in [-0.25, -0.2) is 0 Å². The Hall–Kier alpha value is 0.137. The van der Waals surface area contributed by atoms with Crippen molar-refractivity contribution in [1.82, 2.24) is 0 Å². The summed E-state index contributed by atoms with van der Waals surface area (Å²) in [5.74, 6) is 0.885. The summed E-state index contributed by atoms with van der Waals surface area (Å²) in [6, 6.07) is 1.25. The minimum absolute atomic E-state index is 0.763. The Morgan fingerprint density at radius 3 is 1.88 bits per heavy atom. The first-order valence-corrected chi connectivity index (χ1v) is 9.51. The second-order valence-electron chi connectivity index (χ2n) is 5.91. The van der Waals surface area contributed by atoms with Crippen molar-refractivity contribution in [3.05, 3.63) is 0 Å². The SMILES string of the molecule is CO[Si](CC1CCCCC1)(OC)C1CCCC1. The molecule has 0 aromatic carbocycles. The molecule has 0 amide bonds. The Kier molecular flexibility index (Phi) is 5.06. The molecule has 0 atom stereocenters. The van der Waals surface area contributed by atoms with E-state index < -0.39 is 8.56 Å². The van der Waals surface area contributed by atoms with E-state index in [1.54, 1.807) is 0 Å². The molecular formula is C14H28O2Si. The molecule has 2 fully saturated rings. The molecule has 0 bridgehead atoms. The van der Waals surface area contributed by atoms with Gasteiger partial charge in [0, 0.05) is 19.8 Å². The summed E-state index contributed by atoms with van der Waals surface area (Å²) in [7, 11) is 1.90. The van der Waals surface area contributed by atoms with Crippen LogP contribution in [0.2, 0.25) is 11.6 Å². The Balaban J connectivity index is 1.98. The molecular weight excluding hydrogens is 228 g/mol. The summed E-state index contributed by atoms with van der Waals surface area (Å²) in [5.41, 5.74) is 0.763. The van der Waals surface area contributed by atoms with E-state index in [-0.39, 0.29) is 0 Å². The van der Waals surface area contributed by atoms with E-state index in [4.69, 9.17) is 8.85 Å². The van der Waals surface area contributed by atoms with Gasteiger partial charge in [0.2, 0.25) is 0 Å². The first kappa shape index (κ1) is 13.6. The molecule has 0 radical (unpaired) electrons. The molecule has 2 aliphatic rings. The Morgan fingerprint density at radius 1 is 0.824 bits per heavy atom. The van der Waals surface area contributed by atoms with E-state index in [0.29, 0.717) is 0 Å². The molecule has 0 aromatic rings. The van der Waals surface area contributed by atoms with Gasteiger partial charge in [0.15, 0.2) is 0 Å². The molecule has 100 valence electrons. The van der Waals surface area contributed by atoms with Gasteiger partial charge in [0.1, 0.15) is 0 Å². The predicted octanol–water partition coefficient (Wildman–Crippen LogP) is 4.25. The van der Waals surface area contributed by atoms with Crippen molar-refractivity contribution >= 4 is 8.56 Å². The monoisotopic (exact) mass is 256 g/mol. The third-order valence-corrected chi connectivity index (χ3v) is 9.32. The zero-order chi connectivity index (χ0) is 12.1. The van der Waals surface area contributed by atoms with Crippen molar-refractivity contribution < 1.29 is 8.85 Å². The molecule has 0 aliphatic heterocycles. The molecule has 0 heterocycles. The smallest absolute Gasteiger partial charge is 0.341 e. The van der Waals surface area contributed by atoms with E-state index in [9.17, 15) is 0 Å². The molecule has 3 heteroatoms. The van der Waals surface area contributed by atoms with Crippen molar-refractivity contribution in [2.75, 3.05) is 14.2 Å². The van der Waals surface area contributed by atoms with Gasteiger partial charge in [-0.15, -0.1) is 0 Å². The summed E-state index contributed by atoms with van der Waals surface area (Å²) in [6.07, 6.45) is 12.6. The Morgan fingerprint density at radius 2 is 1.35 bits per heavy atom. The van der Waals surface area contributed by atoms with Gasteiger partial charge >= 0.3 is 8.56 Å². The molecule has 0 spiro atoms. The van der Waals surface area contributed by atoms with E-state index >= 15 is 0 Å². The molecule has 0 unspecified atom stereocenters. The second kappa shape index (κ2) is 6.35. The first-order chi connectivity index (χ1) is 8.30. The summed E-state index contributed by atoms with van der Waals surface area (Å²) in [5, 5.41) is 0. The van der Waals surface area contributed by atoms with Gasteiger partial charge < -0.3 is 8.85 Å². The lowest BCUT2D eigenvalue weighted by Crippen LogP contribution is -2.46. The van der Waals surface area contributed by atoms with Crippen LogP contribution in [0.5, 0.6) is 0 Å². The highest BCUT2D eigenvalue weighted by molar-refractivity contribution is 6.69. The standard InChI is InChI=1S/C14H28O2Si/c1-15-17(16-2,14-10-6-7-11-14)12-13-8-4-3-5-9-13/h13-14H,3-12H2,1-2H3. The summed E-state index contributed by atoms with van der Waals surface area (Å²) < 4.78 is 12.0. The third kappa shape index (κ3) is 3.12. The molecule has 17 heavy (non-hydrogen) atoms. The van der Waals surface area contributed by atoms with Gasteiger partial charge in [0.05, 0.1) is 0 Å². The average Bonchev–Trinajstić information content (AvgIpc) is 2.92. The van der Waals surface area contributed by atoms with Crippen LogP contribution < -0.4 is 0 Å². The van der Waals surface area contributed by atoms with Gasteiger partial charge in [-0.3, -0.25) is 0 Å². The van der Waals surface area contributed by atoms with Gasteiger partial charge in [-0.1, -0.05) is 44.9 Å². The average molecular weight is 256 g/mol. The van der Waals surface area contributed by atoms with E-state index in [2.05, 4.69) is 0 Å². The van der Waals surface area contributed by atoms with Crippen LogP contribution in [0.3, 0.4) is 0 Å². The lowest BCUT2D eigenvalue weighted by atomic mass is 9.91. The maximum atomic E-state index is 5.99. The molecule has 0 saturated heterocycles. The van der Waals surface area contributed by atoms with Crippen LogP contribution >= 0.6 is 0 Å². The van der Waals surface area contributed by atoms with Crippen LogP contribution in [0.15, 0.2) is 0 Å². The van der Waals surface area contributed by atoms with Crippen LogP contribution in [0, 0.1) is 5.92 Å². The summed E-state index contributed by atoms with van der Waals surface area (Å²) in [6.45, 7) is 0. The van der Waals surface area contributed by atoms with Crippen LogP contribution in [-0.2, 0) is 8.85 Å². The van der Waals surface area contributed by atoms with Crippen molar-refractivity contribution in [2.24, 2.45) is 5.92 Å². The largest absolute Gasteiger partial charge is 0.397 e. The van der Waals surface area contributed by atoms with Gasteiger partial charge in [-0.05, 0) is 24.8 Å². The van der Waals surface area contributed by atoms with Crippen molar-refractivity contribution in [1.29, 1.82) is 0 Å². The topological polar surface area (TPSA) is 18.5 Å². The molecule has 2 aliphatic carbocycles. The Bertz CT molecular complexity index is 216. The maximum Gasteiger partial charge on any atom is 0.341 e. The Labute approximate surface area is 107 Å². The second-order valence-corrected chi connectivity index (χ2v) is 9.57. The summed E-state index contributed by atoms with van der Waals surface area (Å²) in [4.78, 5) is 0. The fourth-order valence-corrected chi connectivity index (χ4v) is 7.91. The third-order valence-electron chi connectivity index (χ3n) is 4.97. The fourth-order valence-electron chi connectivity index (χ4n) is 3.91. The van der Waals surface area contributed by atoms with Crippen LogP contribution in [0.1, 0.15) is 57.8 Å². The quantitative estimate of drug-likeness (QED) is 0.685. The van der Waals surface area contributed by atoms with Crippen molar-refractivity contribution in [3.8, 4) is 0 Å². The lowest BCUT2D eigenvalue weighted by Gasteiger charge is -2.36. The van der Waals surface area contributed by atoms with Crippen LogP contribution in [-0.4, -0.2) is 22.8 Å². The number of rotatable bonds is 5. The summed E-state index contributed by atoms with van der Waals surface area (Å²) >= 11 is 0. The van der Waals surface area contributed by atoms with Gasteiger partial charge in [-0.2, -0.15) is 0 Å². The zero-order valence-electron chi connectivity index (χ0n) is 11.5. The maximum absolute atomic E-state index is 5.99. The first-order valence-electron chi connectivity index (χ1n) is 7.41. The van der Waals surface area contributed by atoms with E-state index in [1.807, 2.05) is 14.2 Å². The molecule has 0 aromatic heterocycles. The number of hydrogen-bond donors (Lipinski definition) is 0.